The maximum absolute atomic E-state index is 13.9. The molecule has 0 aliphatic carbocycles. The van der Waals surface area contributed by atoms with Crippen LogP contribution in [0.3, 0.4) is 0 Å². The SMILES string of the molecule is CC(C)(C)CNc1cc(C(F)(F)F)c(-c2cnc3c(Nc4ccc(C(F)(F)F)cn4)ccnc3n2)nn1. The molecule has 0 aromatic carbocycles. The van der Waals surface area contributed by atoms with Gasteiger partial charge in [-0.25, -0.2) is 19.9 Å². The first-order chi connectivity index (χ1) is 17.2. The molecule has 0 spiro atoms. The summed E-state index contributed by atoms with van der Waals surface area (Å²) in [7, 11) is 0. The molecule has 4 aromatic heterocycles. The maximum atomic E-state index is 13.9. The average molecular weight is 522 g/mol. The highest BCUT2D eigenvalue weighted by atomic mass is 19.4. The summed E-state index contributed by atoms with van der Waals surface area (Å²) in [6.45, 7) is 6.13. The van der Waals surface area contributed by atoms with Gasteiger partial charge in [-0.3, -0.25) is 0 Å². The van der Waals surface area contributed by atoms with Gasteiger partial charge in [-0.2, -0.15) is 26.3 Å². The zero-order chi connectivity index (χ0) is 27.0. The van der Waals surface area contributed by atoms with Crippen LogP contribution in [-0.4, -0.2) is 36.7 Å². The van der Waals surface area contributed by atoms with Crippen molar-refractivity contribution in [2.75, 3.05) is 17.2 Å². The Bertz CT molecular complexity index is 1410. The van der Waals surface area contributed by atoms with Crippen molar-refractivity contribution in [3.8, 4) is 11.4 Å². The van der Waals surface area contributed by atoms with E-state index in [2.05, 4.69) is 40.8 Å². The lowest BCUT2D eigenvalue weighted by Gasteiger charge is -2.19. The van der Waals surface area contributed by atoms with Crippen LogP contribution >= 0.6 is 0 Å². The van der Waals surface area contributed by atoms with E-state index >= 15 is 0 Å². The van der Waals surface area contributed by atoms with Gasteiger partial charge in [-0.1, -0.05) is 20.8 Å². The van der Waals surface area contributed by atoms with E-state index in [0.29, 0.717) is 18.4 Å². The van der Waals surface area contributed by atoms with Crippen LogP contribution in [0.25, 0.3) is 22.6 Å². The molecular formula is C23H20F6N8. The van der Waals surface area contributed by atoms with Gasteiger partial charge in [-0.05, 0) is 29.7 Å². The summed E-state index contributed by atoms with van der Waals surface area (Å²) >= 11 is 0. The van der Waals surface area contributed by atoms with Gasteiger partial charge in [0, 0.05) is 18.9 Å². The summed E-state index contributed by atoms with van der Waals surface area (Å²) in [5, 5.41) is 13.3. The van der Waals surface area contributed by atoms with Crippen LogP contribution in [0.1, 0.15) is 31.9 Å². The smallest absolute Gasteiger partial charge is 0.368 e. The molecule has 4 heterocycles. The van der Waals surface area contributed by atoms with Crippen molar-refractivity contribution in [3.63, 3.8) is 0 Å². The first kappa shape index (κ1) is 26.0. The third kappa shape index (κ3) is 6.19. The molecule has 0 fully saturated rings. The minimum atomic E-state index is -4.74. The molecule has 0 amide bonds. The van der Waals surface area contributed by atoms with Crippen molar-refractivity contribution >= 4 is 28.5 Å². The van der Waals surface area contributed by atoms with E-state index in [1.54, 1.807) is 0 Å². The fourth-order valence-electron chi connectivity index (χ4n) is 3.15. The van der Waals surface area contributed by atoms with E-state index in [9.17, 15) is 26.3 Å². The molecule has 0 unspecified atom stereocenters. The van der Waals surface area contributed by atoms with Crippen molar-refractivity contribution in [2.24, 2.45) is 5.41 Å². The molecule has 2 N–H and O–H groups in total. The third-order valence-corrected chi connectivity index (χ3v) is 4.94. The van der Waals surface area contributed by atoms with Gasteiger partial charge in [0.15, 0.2) is 5.65 Å². The van der Waals surface area contributed by atoms with E-state index in [1.807, 2.05) is 20.8 Å². The van der Waals surface area contributed by atoms with Crippen LogP contribution < -0.4 is 10.6 Å². The normalized spacial score (nSPS) is 12.6. The molecule has 0 radical (unpaired) electrons. The number of pyridine rings is 2. The number of anilines is 3. The second kappa shape index (κ2) is 9.41. The van der Waals surface area contributed by atoms with E-state index in [4.69, 9.17) is 0 Å². The molecular weight excluding hydrogens is 502 g/mol. The maximum Gasteiger partial charge on any atom is 0.418 e. The highest BCUT2D eigenvalue weighted by molar-refractivity contribution is 5.87. The summed E-state index contributed by atoms with van der Waals surface area (Å²) < 4.78 is 79.9. The molecule has 0 saturated carbocycles. The Kier molecular flexibility index (Phi) is 6.60. The van der Waals surface area contributed by atoms with Crippen molar-refractivity contribution in [1.29, 1.82) is 0 Å². The topological polar surface area (TPSA) is 101 Å². The highest BCUT2D eigenvalue weighted by Crippen LogP contribution is 2.37. The first-order valence-corrected chi connectivity index (χ1v) is 10.8. The van der Waals surface area contributed by atoms with Gasteiger partial charge in [-0.15, -0.1) is 10.2 Å². The summed E-state index contributed by atoms with van der Waals surface area (Å²) in [5.41, 5.74) is -2.44. The molecule has 0 saturated heterocycles. The molecule has 4 aromatic rings. The summed E-state index contributed by atoms with van der Waals surface area (Å²) in [4.78, 5) is 16.2. The standard InChI is InChI=1S/C23H20F6N8/c1-21(2,3)11-33-17-8-13(23(27,28)29)18(37-36-17)15-10-32-19-14(6-7-30-20(19)35-15)34-16-5-4-12(9-31-16)22(24,25)26/h4-10H,11H2,1-3H3,(H,33,36)(H,30,31,34,35). The molecule has 4 rings (SSSR count). The number of alkyl halides is 6. The molecule has 37 heavy (non-hydrogen) atoms. The second-order valence-corrected chi connectivity index (χ2v) is 9.24. The van der Waals surface area contributed by atoms with E-state index in [0.717, 1.165) is 24.4 Å². The van der Waals surface area contributed by atoms with Gasteiger partial charge >= 0.3 is 12.4 Å². The molecule has 0 bridgehead atoms. The predicted octanol–water partition coefficient (Wildman–Crippen LogP) is 6.12. The number of nitrogens with zero attached hydrogens (tertiary/aromatic N) is 6. The van der Waals surface area contributed by atoms with Crippen molar-refractivity contribution < 1.29 is 26.3 Å². The van der Waals surface area contributed by atoms with E-state index in [-0.39, 0.29) is 33.9 Å². The Balaban J connectivity index is 1.67. The number of hydrogen-bond donors (Lipinski definition) is 2. The minimum Gasteiger partial charge on any atom is -0.368 e. The summed E-state index contributed by atoms with van der Waals surface area (Å²) in [6.07, 6.45) is -6.19. The quantitative estimate of drug-likeness (QED) is 0.303. The number of nitrogens with one attached hydrogen (secondary N) is 2. The second-order valence-electron chi connectivity index (χ2n) is 9.24. The fourth-order valence-corrected chi connectivity index (χ4v) is 3.15. The monoisotopic (exact) mass is 522 g/mol. The summed E-state index contributed by atoms with van der Waals surface area (Å²) in [6, 6.07) is 4.34. The first-order valence-electron chi connectivity index (χ1n) is 10.8. The number of fused-ring (bicyclic) bond motifs is 1. The van der Waals surface area contributed by atoms with E-state index < -0.39 is 29.2 Å². The van der Waals surface area contributed by atoms with Gasteiger partial charge in [0.25, 0.3) is 0 Å². The Morgan fingerprint density at radius 3 is 2.19 bits per heavy atom. The van der Waals surface area contributed by atoms with Crippen LogP contribution in [0, 0.1) is 5.41 Å². The largest absolute Gasteiger partial charge is 0.418 e. The molecule has 0 aliphatic rings. The van der Waals surface area contributed by atoms with Crippen molar-refractivity contribution in [3.05, 3.63) is 54.0 Å². The Morgan fingerprint density at radius 2 is 1.57 bits per heavy atom. The lowest BCUT2D eigenvalue weighted by molar-refractivity contribution is -0.138. The van der Waals surface area contributed by atoms with Crippen molar-refractivity contribution in [2.45, 2.75) is 33.1 Å². The predicted molar refractivity (Wildman–Crippen MR) is 124 cm³/mol. The molecule has 14 heteroatoms. The number of aromatic nitrogens is 6. The highest BCUT2D eigenvalue weighted by Gasteiger charge is 2.36. The van der Waals surface area contributed by atoms with Gasteiger partial charge in [0.1, 0.15) is 28.5 Å². The van der Waals surface area contributed by atoms with Crippen LogP contribution in [0.4, 0.5) is 43.7 Å². The lowest BCUT2D eigenvalue weighted by Crippen LogP contribution is -2.20. The Labute approximate surface area is 206 Å². The Hall–Kier alpha value is -4.10. The number of rotatable bonds is 5. The van der Waals surface area contributed by atoms with Crippen LogP contribution in [0.2, 0.25) is 0 Å². The fraction of sp³-hybridized carbons (Fsp3) is 0.304. The van der Waals surface area contributed by atoms with Gasteiger partial charge in [0.05, 0.1) is 23.0 Å². The van der Waals surface area contributed by atoms with Crippen LogP contribution in [0.15, 0.2) is 42.9 Å². The van der Waals surface area contributed by atoms with Crippen molar-refractivity contribution in [1.82, 2.24) is 30.1 Å². The average Bonchev–Trinajstić information content (AvgIpc) is 2.81. The molecule has 0 atom stereocenters. The molecule has 8 nitrogen and oxygen atoms in total. The molecule has 194 valence electrons. The zero-order valence-electron chi connectivity index (χ0n) is 19.7. The zero-order valence-corrected chi connectivity index (χ0v) is 19.7. The molecule has 0 aliphatic heterocycles. The van der Waals surface area contributed by atoms with Crippen LogP contribution in [0.5, 0.6) is 0 Å². The Morgan fingerprint density at radius 1 is 0.811 bits per heavy atom. The minimum absolute atomic E-state index is 0.0146. The third-order valence-electron chi connectivity index (χ3n) is 4.94. The number of halogens is 6. The lowest BCUT2D eigenvalue weighted by atomic mass is 9.97. The van der Waals surface area contributed by atoms with Gasteiger partial charge < -0.3 is 10.6 Å². The number of hydrogen-bond acceptors (Lipinski definition) is 8. The van der Waals surface area contributed by atoms with Crippen LogP contribution in [-0.2, 0) is 12.4 Å². The van der Waals surface area contributed by atoms with Gasteiger partial charge in [0.2, 0.25) is 0 Å². The van der Waals surface area contributed by atoms with E-state index in [1.165, 1.54) is 12.3 Å². The summed E-state index contributed by atoms with van der Waals surface area (Å²) in [5.74, 6) is 0.0587.